The van der Waals surface area contributed by atoms with Crippen LogP contribution < -0.4 is 5.32 Å². The van der Waals surface area contributed by atoms with Crippen molar-refractivity contribution in [3.8, 4) is 0 Å². The van der Waals surface area contributed by atoms with Gasteiger partial charge in [-0.3, -0.25) is 0 Å². The van der Waals surface area contributed by atoms with Gasteiger partial charge in [0.15, 0.2) is 0 Å². The van der Waals surface area contributed by atoms with E-state index in [0.717, 1.165) is 13.1 Å². The lowest BCUT2D eigenvalue weighted by molar-refractivity contribution is 0.746. The van der Waals surface area contributed by atoms with Gasteiger partial charge in [-0.25, -0.2) is 0 Å². The summed E-state index contributed by atoms with van der Waals surface area (Å²) in [5.41, 5.74) is 5.54. The van der Waals surface area contributed by atoms with Gasteiger partial charge in [-0.1, -0.05) is 6.07 Å². The molecule has 0 amide bonds. The number of hydrogen-bond donors (Lipinski definition) is 1. The third-order valence-electron chi connectivity index (χ3n) is 2.79. The summed E-state index contributed by atoms with van der Waals surface area (Å²) in [7, 11) is 0. The van der Waals surface area contributed by atoms with Crippen LogP contribution in [0.15, 0.2) is 24.3 Å². The van der Waals surface area contributed by atoms with Gasteiger partial charge in [-0.2, -0.15) is 0 Å². The third kappa shape index (κ3) is 0.864. The zero-order valence-electron chi connectivity index (χ0n) is 7.67. The van der Waals surface area contributed by atoms with E-state index in [1.54, 1.807) is 0 Å². The molecule has 0 saturated heterocycles. The van der Waals surface area contributed by atoms with Crippen LogP contribution in [0, 0.1) is 6.92 Å². The molecule has 0 spiro atoms. The molecule has 0 fully saturated rings. The lowest BCUT2D eigenvalue weighted by Crippen LogP contribution is -2.04. The third-order valence-corrected chi connectivity index (χ3v) is 2.79. The van der Waals surface area contributed by atoms with Crippen LogP contribution in [-0.4, -0.2) is 4.40 Å². The molecule has 0 aliphatic carbocycles. The lowest BCUT2D eigenvalue weighted by Gasteiger charge is -2.03. The number of rotatable bonds is 0. The van der Waals surface area contributed by atoms with E-state index in [0.29, 0.717) is 0 Å². The summed E-state index contributed by atoms with van der Waals surface area (Å²) in [5, 5.41) is 3.37. The smallest absolute Gasteiger partial charge is 0.0459 e. The molecule has 13 heavy (non-hydrogen) atoms. The average molecular weight is 172 g/mol. The highest BCUT2D eigenvalue weighted by Crippen LogP contribution is 2.22. The summed E-state index contributed by atoms with van der Waals surface area (Å²) in [6, 6.07) is 8.73. The zero-order valence-corrected chi connectivity index (χ0v) is 7.67. The Balaban J connectivity index is 2.46. The largest absolute Gasteiger partial charge is 0.317 e. The molecule has 2 aromatic heterocycles. The summed E-state index contributed by atoms with van der Waals surface area (Å²) in [4.78, 5) is 0. The number of nitrogens with one attached hydrogen (secondary N) is 1. The summed E-state index contributed by atoms with van der Waals surface area (Å²) >= 11 is 0. The van der Waals surface area contributed by atoms with Gasteiger partial charge in [0.05, 0.1) is 0 Å². The molecule has 0 saturated carbocycles. The Morgan fingerprint density at radius 1 is 1.31 bits per heavy atom. The minimum atomic E-state index is 1.01. The van der Waals surface area contributed by atoms with E-state index in [-0.39, 0.29) is 0 Å². The average Bonchev–Trinajstić information content (AvgIpc) is 2.62. The molecule has 0 aromatic carbocycles. The first-order chi connectivity index (χ1) is 6.36. The topological polar surface area (TPSA) is 16.4 Å². The van der Waals surface area contributed by atoms with Crippen molar-refractivity contribution in [3.63, 3.8) is 0 Å². The van der Waals surface area contributed by atoms with E-state index in [9.17, 15) is 0 Å². The molecule has 1 aliphatic rings. The van der Waals surface area contributed by atoms with Crippen molar-refractivity contribution in [2.75, 3.05) is 0 Å². The first kappa shape index (κ1) is 7.15. The van der Waals surface area contributed by atoms with E-state index in [1.807, 2.05) is 0 Å². The van der Waals surface area contributed by atoms with Gasteiger partial charge in [0, 0.05) is 30.0 Å². The standard InChI is InChI=1S/C11H12N2/c1-8-3-2-4-10-5-9-6-12-7-11(9)13(8)10/h2-5,12H,6-7H2,1H3. The molecule has 0 radical (unpaired) electrons. The van der Waals surface area contributed by atoms with Crippen molar-refractivity contribution >= 4 is 5.52 Å². The molecule has 0 atom stereocenters. The molecule has 2 heteroatoms. The van der Waals surface area contributed by atoms with Crippen LogP contribution in [-0.2, 0) is 13.1 Å². The molecule has 66 valence electrons. The van der Waals surface area contributed by atoms with Crippen molar-refractivity contribution in [1.29, 1.82) is 0 Å². The lowest BCUT2D eigenvalue weighted by atomic mass is 10.3. The minimum Gasteiger partial charge on any atom is -0.317 e. The van der Waals surface area contributed by atoms with Crippen molar-refractivity contribution in [2.45, 2.75) is 20.0 Å². The van der Waals surface area contributed by atoms with Gasteiger partial charge in [-0.05, 0) is 30.7 Å². The molecule has 1 aliphatic heterocycles. The predicted molar refractivity (Wildman–Crippen MR) is 52.7 cm³/mol. The van der Waals surface area contributed by atoms with Crippen molar-refractivity contribution in [1.82, 2.24) is 9.72 Å². The fourth-order valence-electron chi connectivity index (χ4n) is 2.19. The summed E-state index contributed by atoms with van der Waals surface area (Å²) < 4.78 is 2.34. The first-order valence-corrected chi connectivity index (χ1v) is 4.66. The van der Waals surface area contributed by atoms with Crippen LogP contribution >= 0.6 is 0 Å². The van der Waals surface area contributed by atoms with Gasteiger partial charge in [0.25, 0.3) is 0 Å². The summed E-state index contributed by atoms with van der Waals surface area (Å²) in [6.45, 7) is 4.19. The molecule has 1 N–H and O–H groups in total. The van der Waals surface area contributed by atoms with E-state index in [2.05, 4.69) is 40.9 Å². The fraction of sp³-hybridized carbons (Fsp3) is 0.273. The Labute approximate surface area is 77.2 Å². The van der Waals surface area contributed by atoms with Crippen LogP contribution in [0.3, 0.4) is 0 Å². The Morgan fingerprint density at radius 3 is 3.15 bits per heavy atom. The zero-order chi connectivity index (χ0) is 8.84. The molecule has 2 nitrogen and oxygen atoms in total. The highest BCUT2D eigenvalue weighted by atomic mass is 15.0. The maximum absolute atomic E-state index is 3.37. The minimum absolute atomic E-state index is 1.01. The van der Waals surface area contributed by atoms with Gasteiger partial charge in [-0.15, -0.1) is 0 Å². The maximum atomic E-state index is 3.37. The summed E-state index contributed by atoms with van der Waals surface area (Å²) in [5.74, 6) is 0. The van der Waals surface area contributed by atoms with E-state index >= 15 is 0 Å². The molecule has 3 rings (SSSR count). The highest BCUT2D eigenvalue weighted by Gasteiger charge is 2.15. The first-order valence-electron chi connectivity index (χ1n) is 4.66. The fourth-order valence-corrected chi connectivity index (χ4v) is 2.19. The van der Waals surface area contributed by atoms with Gasteiger partial charge >= 0.3 is 0 Å². The van der Waals surface area contributed by atoms with Crippen LogP contribution in [0.1, 0.15) is 17.0 Å². The van der Waals surface area contributed by atoms with Crippen LogP contribution in [0.25, 0.3) is 5.52 Å². The summed E-state index contributed by atoms with van der Waals surface area (Å²) in [6.07, 6.45) is 0. The second-order valence-electron chi connectivity index (χ2n) is 3.65. The van der Waals surface area contributed by atoms with E-state index < -0.39 is 0 Å². The van der Waals surface area contributed by atoms with Crippen molar-refractivity contribution in [3.05, 3.63) is 41.2 Å². The monoisotopic (exact) mass is 172 g/mol. The molecule has 3 heterocycles. The molecule has 2 aromatic rings. The Morgan fingerprint density at radius 2 is 2.23 bits per heavy atom. The highest BCUT2D eigenvalue weighted by molar-refractivity contribution is 5.55. The number of aryl methyl sites for hydroxylation is 1. The SMILES string of the molecule is Cc1cccc2cc3c(n12)CNC3. The van der Waals surface area contributed by atoms with Crippen LogP contribution in [0.5, 0.6) is 0 Å². The Kier molecular flexibility index (Phi) is 1.30. The predicted octanol–water partition coefficient (Wildman–Crippen LogP) is 1.85. The molecular weight excluding hydrogens is 160 g/mol. The molecule has 0 unspecified atom stereocenters. The number of pyridine rings is 1. The number of nitrogens with zero attached hydrogens (tertiary/aromatic N) is 1. The number of aromatic nitrogens is 1. The van der Waals surface area contributed by atoms with E-state index in [4.69, 9.17) is 0 Å². The van der Waals surface area contributed by atoms with Gasteiger partial charge in [0.1, 0.15) is 0 Å². The van der Waals surface area contributed by atoms with Crippen LogP contribution in [0.4, 0.5) is 0 Å². The quantitative estimate of drug-likeness (QED) is 0.641. The normalized spacial score (nSPS) is 15.2. The Bertz CT molecular complexity index is 468. The maximum Gasteiger partial charge on any atom is 0.0459 e. The van der Waals surface area contributed by atoms with Crippen molar-refractivity contribution < 1.29 is 0 Å². The van der Waals surface area contributed by atoms with Gasteiger partial charge < -0.3 is 9.72 Å². The number of hydrogen-bond acceptors (Lipinski definition) is 1. The van der Waals surface area contributed by atoms with Crippen molar-refractivity contribution in [2.24, 2.45) is 0 Å². The van der Waals surface area contributed by atoms with Crippen LogP contribution in [0.2, 0.25) is 0 Å². The second-order valence-corrected chi connectivity index (χ2v) is 3.65. The molecular formula is C11H12N2. The van der Waals surface area contributed by atoms with Gasteiger partial charge in [0.2, 0.25) is 0 Å². The van der Waals surface area contributed by atoms with E-state index in [1.165, 1.54) is 22.5 Å². The second kappa shape index (κ2) is 2.36. The molecule has 0 bridgehead atoms. The number of fused-ring (bicyclic) bond motifs is 3. The Hall–Kier alpha value is -1.28.